The number of hydrogen-bond donors (Lipinski definition) is 0. The Morgan fingerprint density at radius 1 is 1.12 bits per heavy atom. The molecule has 11 heteroatoms. The normalized spacial score (nSPS) is 19.2. The number of nitrogens with zero attached hydrogens (tertiary/aromatic N) is 7. The van der Waals surface area contributed by atoms with Gasteiger partial charge in [-0.25, -0.2) is 19.3 Å². The molecular formula is C32H31ClFN7OS. The third-order valence-electron chi connectivity index (χ3n) is 8.33. The lowest BCUT2D eigenvalue weighted by Crippen LogP contribution is -2.55. The van der Waals surface area contributed by atoms with Gasteiger partial charge in [-0.1, -0.05) is 60.3 Å². The number of fused-ring (bicyclic) bond motifs is 2. The van der Waals surface area contributed by atoms with Gasteiger partial charge in [0.1, 0.15) is 5.82 Å². The number of hydrogen-bond acceptors (Lipinski definition) is 8. The molecule has 0 saturated carbocycles. The number of nitriles is 1. The number of rotatable bonds is 7. The summed E-state index contributed by atoms with van der Waals surface area (Å²) in [7, 11) is 2.15. The number of carbonyl (C=O) groups is 1. The molecule has 2 atom stereocenters. The third-order valence-corrected chi connectivity index (χ3v) is 9.63. The van der Waals surface area contributed by atoms with Crippen LogP contribution in [0.2, 0.25) is 5.02 Å². The molecule has 2 fully saturated rings. The van der Waals surface area contributed by atoms with E-state index in [4.69, 9.17) is 26.6 Å². The minimum Gasteiger partial charge on any atom is -0.352 e. The molecule has 220 valence electrons. The summed E-state index contributed by atoms with van der Waals surface area (Å²) in [6, 6.07) is 17.9. The molecule has 0 N–H and O–H groups in total. The van der Waals surface area contributed by atoms with Crippen molar-refractivity contribution in [2.45, 2.75) is 36.5 Å². The van der Waals surface area contributed by atoms with Crippen molar-refractivity contribution in [3.63, 3.8) is 0 Å². The maximum absolute atomic E-state index is 13.8. The van der Waals surface area contributed by atoms with Crippen LogP contribution in [0.25, 0.3) is 33.1 Å². The molecule has 2 aliphatic rings. The van der Waals surface area contributed by atoms with Crippen LogP contribution in [0.4, 0.5) is 10.2 Å². The number of amides is 1. The minimum atomic E-state index is -1.02. The SMILES string of the molecule is C=C(F)C(=O)N1CCN(c2nc(SCC3CCCN3C)nc3nc(-c4cccc5cccc(Cl)c45)ccc23)CC1CC#N. The first-order chi connectivity index (χ1) is 20.8. The fourth-order valence-electron chi connectivity index (χ4n) is 6.05. The van der Waals surface area contributed by atoms with Gasteiger partial charge in [0.25, 0.3) is 5.91 Å². The Labute approximate surface area is 259 Å². The first kappa shape index (κ1) is 29.3. The van der Waals surface area contributed by atoms with Gasteiger partial charge in [0, 0.05) is 47.4 Å². The van der Waals surface area contributed by atoms with E-state index in [2.05, 4.69) is 29.5 Å². The van der Waals surface area contributed by atoms with Crippen LogP contribution in [0.1, 0.15) is 19.3 Å². The van der Waals surface area contributed by atoms with E-state index in [9.17, 15) is 14.4 Å². The number of piperazine rings is 1. The summed E-state index contributed by atoms with van der Waals surface area (Å²) in [6.45, 7) is 5.25. The highest BCUT2D eigenvalue weighted by Crippen LogP contribution is 2.36. The molecule has 0 spiro atoms. The fraction of sp³-hybridized carbons (Fsp3) is 0.344. The zero-order valence-electron chi connectivity index (χ0n) is 23.8. The molecule has 43 heavy (non-hydrogen) atoms. The van der Waals surface area contributed by atoms with Crippen LogP contribution in [-0.2, 0) is 4.79 Å². The van der Waals surface area contributed by atoms with E-state index < -0.39 is 17.8 Å². The van der Waals surface area contributed by atoms with Crippen LogP contribution in [0.5, 0.6) is 0 Å². The minimum absolute atomic E-state index is 0.0679. The van der Waals surface area contributed by atoms with Crippen LogP contribution in [0.3, 0.4) is 0 Å². The summed E-state index contributed by atoms with van der Waals surface area (Å²) in [5, 5.41) is 13.5. The van der Waals surface area contributed by atoms with Crippen molar-refractivity contribution in [1.29, 1.82) is 5.26 Å². The molecular weight excluding hydrogens is 585 g/mol. The Hall–Kier alpha value is -3.78. The molecule has 4 aromatic rings. The summed E-state index contributed by atoms with van der Waals surface area (Å²) in [6.07, 6.45) is 2.39. The van der Waals surface area contributed by atoms with Crippen LogP contribution < -0.4 is 4.90 Å². The van der Waals surface area contributed by atoms with Crippen LogP contribution >= 0.6 is 23.4 Å². The van der Waals surface area contributed by atoms with Gasteiger partial charge in [0.15, 0.2) is 16.6 Å². The average Bonchev–Trinajstić information content (AvgIpc) is 3.43. The van der Waals surface area contributed by atoms with E-state index in [0.717, 1.165) is 46.1 Å². The standard InChI is InChI=1S/C32H31ClFN7OS/c1-20(34)31(42)41-17-16-40(18-22(41)13-14-35)30-25-11-12-27(24-9-3-6-21-7-4-10-26(33)28(21)24)36-29(25)37-32(38-30)43-19-23-8-5-15-39(23)2/h3-4,6-7,9-12,22-23H,1,5,8,13,15-19H2,2H3. The van der Waals surface area contributed by atoms with E-state index in [0.29, 0.717) is 40.8 Å². The van der Waals surface area contributed by atoms with Crippen LogP contribution in [0, 0.1) is 11.3 Å². The summed E-state index contributed by atoms with van der Waals surface area (Å²) in [4.78, 5) is 33.3. The van der Waals surface area contributed by atoms with Gasteiger partial charge in [-0.3, -0.25) is 4.79 Å². The molecule has 0 aliphatic carbocycles. The monoisotopic (exact) mass is 615 g/mol. The van der Waals surface area contributed by atoms with Crippen molar-refractivity contribution in [2.24, 2.45) is 0 Å². The van der Waals surface area contributed by atoms with E-state index in [1.165, 1.54) is 11.3 Å². The van der Waals surface area contributed by atoms with Gasteiger partial charge in [0.2, 0.25) is 0 Å². The summed E-state index contributed by atoms with van der Waals surface area (Å²) in [5.74, 6) is -0.247. The number of thioether (sulfide) groups is 1. The number of anilines is 1. The second-order valence-corrected chi connectivity index (χ2v) is 12.4. The maximum atomic E-state index is 13.8. The van der Waals surface area contributed by atoms with Crippen molar-refractivity contribution >= 4 is 56.9 Å². The Balaban J connectivity index is 1.41. The first-order valence-corrected chi connectivity index (χ1v) is 15.7. The number of aromatic nitrogens is 3. The Bertz CT molecular complexity index is 1760. The molecule has 2 aliphatic heterocycles. The summed E-state index contributed by atoms with van der Waals surface area (Å²) < 4.78 is 13.8. The molecule has 1 amide bonds. The molecule has 2 aromatic heterocycles. The van der Waals surface area contributed by atoms with Gasteiger partial charge in [-0.2, -0.15) is 5.26 Å². The summed E-state index contributed by atoms with van der Waals surface area (Å²) >= 11 is 8.26. The Kier molecular flexibility index (Phi) is 8.48. The van der Waals surface area contributed by atoms with Gasteiger partial charge in [0.05, 0.1) is 29.6 Å². The number of carbonyl (C=O) groups excluding carboxylic acids is 1. The van der Waals surface area contributed by atoms with E-state index >= 15 is 0 Å². The number of halogens is 2. The van der Waals surface area contributed by atoms with Crippen molar-refractivity contribution in [3.8, 4) is 17.3 Å². The fourth-order valence-corrected chi connectivity index (χ4v) is 7.40. The smallest absolute Gasteiger partial charge is 0.282 e. The van der Waals surface area contributed by atoms with Crippen LogP contribution in [-0.4, -0.2) is 81.7 Å². The highest BCUT2D eigenvalue weighted by Gasteiger charge is 2.33. The molecule has 8 nitrogen and oxygen atoms in total. The highest BCUT2D eigenvalue weighted by molar-refractivity contribution is 7.99. The quantitative estimate of drug-likeness (QED) is 0.140. The first-order valence-electron chi connectivity index (χ1n) is 14.3. The second kappa shape index (κ2) is 12.4. The predicted octanol–water partition coefficient (Wildman–Crippen LogP) is 6.10. The Morgan fingerprint density at radius 3 is 2.67 bits per heavy atom. The number of pyridine rings is 1. The van der Waals surface area contributed by atoms with Crippen molar-refractivity contribution in [1.82, 2.24) is 24.8 Å². The molecule has 4 heterocycles. The lowest BCUT2D eigenvalue weighted by molar-refractivity contribution is -0.131. The van der Waals surface area contributed by atoms with E-state index in [-0.39, 0.29) is 13.0 Å². The predicted molar refractivity (Wildman–Crippen MR) is 170 cm³/mol. The average molecular weight is 616 g/mol. The van der Waals surface area contributed by atoms with E-state index in [1.54, 1.807) is 11.8 Å². The van der Waals surface area contributed by atoms with Crippen molar-refractivity contribution in [3.05, 3.63) is 66.0 Å². The summed E-state index contributed by atoms with van der Waals surface area (Å²) in [5.41, 5.74) is 2.22. The molecule has 2 unspecified atom stereocenters. The lowest BCUT2D eigenvalue weighted by Gasteiger charge is -2.41. The van der Waals surface area contributed by atoms with Crippen molar-refractivity contribution < 1.29 is 9.18 Å². The van der Waals surface area contributed by atoms with Gasteiger partial charge in [-0.05, 0) is 50.0 Å². The topological polar surface area (TPSA) is 89.2 Å². The Morgan fingerprint density at radius 2 is 1.93 bits per heavy atom. The van der Waals surface area contributed by atoms with Crippen molar-refractivity contribution in [2.75, 3.05) is 43.9 Å². The molecule has 6 rings (SSSR count). The van der Waals surface area contributed by atoms with Gasteiger partial charge in [-0.15, -0.1) is 0 Å². The van der Waals surface area contributed by atoms with E-state index in [1.807, 2.05) is 48.5 Å². The number of benzene rings is 2. The zero-order chi connectivity index (χ0) is 30.1. The highest BCUT2D eigenvalue weighted by atomic mass is 35.5. The lowest BCUT2D eigenvalue weighted by atomic mass is 10.0. The van der Waals surface area contributed by atoms with Crippen LogP contribution in [0.15, 0.2) is 66.1 Å². The number of likely N-dealkylation sites (tertiary alicyclic amines) is 1. The molecule has 2 saturated heterocycles. The van der Waals surface area contributed by atoms with Gasteiger partial charge < -0.3 is 14.7 Å². The molecule has 0 bridgehead atoms. The second-order valence-electron chi connectivity index (χ2n) is 11.0. The maximum Gasteiger partial charge on any atom is 0.282 e. The largest absolute Gasteiger partial charge is 0.352 e. The van der Waals surface area contributed by atoms with Gasteiger partial charge >= 0.3 is 0 Å². The zero-order valence-corrected chi connectivity index (χ0v) is 25.4. The molecule has 0 radical (unpaired) electrons. The third kappa shape index (κ3) is 5.90. The molecule has 2 aromatic carbocycles.